The van der Waals surface area contributed by atoms with Crippen molar-refractivity contribution in [2.45, 2.75) is 24.9 Å². The van der Waals surface area contributed by atoms with Crippen molar-refractivity contribution >= 4 is 10.8 Å². The zero-order valence-corrected chi connectivity index (χ0v) is 11.8. The van der Waals surface area contributed by atoms with Crippen molar-refractivity contribution in [2.24, 2.45) is 0 Å². The van der Waals surface area contributed by atoms with Crippen LogP contribution in [0.2, 0.25) is 0 Å². The van der Waals surface area contributed by atoms with Gasteiger partial charge in [-0.25, -0.2) is 0 Å². The lowest BCUT2D eigenvalue weighted by Crippen LogP contribution is -2.33. The van der Waals surface area contributed by atoms with Gasteiger partial charge in [-0.2, -0.15) is 0 Å². The predicted molar refractivity (Wildman–Crippen MR) is 84.1 cm³/mol. The summed E-state index contributed by atoms with van der Waals surface area (Å²) in [6, 6.07) is 16.6. The third kappa shape index (κ3) is 2.03. The Bertz CT molecular complexity index is 806. The molecule has 4 rings (SSSR count). The summed E-state index contributed by atoms with van der Waals surface area (Å²) in [5.41, 5.74) is 2.74. The van der Waals surface area contributed by atoms with Crippen LogP contribution in [0.3, 0.4) is 0 Å². The minimum absolute atomic E-state index is 0.666. The Kier molecular flexibility index (Phi) is 2.79. The molecule has 0 amide bonds. The van der Waals surface area contributed by atoms with E-state index in [4.69, 9.17) is 0 Å². The van der Waals surface area contributed by atoms with E-state index in [1.807, 2.05) is 36.7 Å². The van der Waals surface area contributed by atoms with Crippen LogP contribution in [0.5, 0.6) is 0 Å². The molecule has 2 nitrogen and oxygen atoms in total. The average Bonchev–Trinajstić information content (AvgIpc) is 2.54. The first-order valence-corrected chi connectivity index (χ1v) is 7.39. The van der Waals surface area contributed by atoms with E-state index in [2.05, 4.69) is 29.2 Å². The first kappa shape index (κ1) is 12.5. The maximum Gasteiger partial charge on any atom is 0.0960 e. The Morgan fingerprint density at radius 1 is 0.905 bits per heavy atom. The molecule has 1 unspecified atom stereocenters. The third-order valence-corrected chi connectivity index (χ3v) is 4.58. The largest absolute Gasteiger partial charge is 0.385 e. The van der Waals surface area contributed by atoms with Crippen LogP contribution in [0.15, 0.2) is 60.9 Å². The number of nitrogens with zero attached hydrogens (tertiary/aromatic N) is 1. The van der Waals surface area contributed by atoms with E-state index in [1.54, 1.807) is 0 Å². The number of rotatable bonds is 1. The molecule has 1 aliphatic rings. The summed E-state index contributed by atoms with van der Waals surface area (Å²) in [5, 5.41) is 13.4. The molecule has 0 saturated heterocycles. The van der Waals surface area contributed by atoms with E-state index in [1.165, 1.54) is 11.1 Å². The topological polar surface area (TPSA) is 33.1 Å². The van der Waals surface area contributed by atoms with E-state index in [9.17, 15) is 5.11 Å². The van der Waals surface area contributed by atoms with Crippen LogP contribution < -0.4 is 0 Å². The first-order valence-electron chi connectivity index (χ1n) is 7.39. The second kappa shape index (κ2) is 4.68. The quantitative estimate of drug-likeness (QED) is 0.736. The zero-order chi connectivity index (χ0) is 14.3. The number of pyridine rings is 1. The summed E-state index contributed by atoms with van der Waals surface area (Å²) < 4.78 is 0. The molecular weight excluding hydrogens is 258 g/mol. The van der Waals surface area contributed by atoms with Crippen LogP contribution in [0.25, 0.3) is 10.8 Å². The highest BCUT2D eigenvalue weighted by Crippen LogP contribution is 2.38. The Labute approximate surface area is 124 Å². The molecule has 2 aromatic carbocycles. The fourth-order valence-electron chi connectivity index (χ4n) is 3.44. The molecule has 21 heavy (non-hydrogen) atoms. The van der Waals surface area contributed by atoms with Crippen LogP contribution in [0.1, 0.15) is 23.1 Å². The van der Waals surface area contributed by atoms with Crippen LogP contribution in [-0.4, -0.2) is 10.1 Å². The van der Waals surface area contributed by atoms with Gasteiger partial charge >= 0.3 is 0 Å². The Morgan fingerprint density at radius 3 is 2.57 bits per heavy atom. The van der Waals surface area contributed by atoms with Crippen LogP contribution >= 0.6 is 0 Å². The number of aryl methyl sites for hydroxylation is 1. The van der Waals surface area contributed by atoms with Crippen molar-refractivity contribution in [3.8, 4) is 0 Å². The normalized spacial score (nSPS) is 21.2. The van der Waals surface area contributed by atoms with E-state index in [0.29, 0.717) is 6.42 Å². The summed E-state index contributed by atoms with van der Waals surface area (Å²) in [6.45, 7) is 0. The van der Waals surface area contributed by atoms with E-state index >= 15 is 0 Å². The smallest absolute Gasteiger partial charge is 0.0960 e. The Hall–Kier alpha value is -2.19. The molecule has 1 aromatic heterocycles. The van der Waals surface area contributed by atoms with Gasteiger partial charge in [-0.3, -0.25) is 4.98 Å². The van der Waals surface area contributed by atoms with Gasteiger partial charge in [0.2, 0.25) is 0 Å². The summed E-state index contributed by atoms with van der Waals surface area (Å²) in [5.74, 6) is 0. The van der Waals surface area contributed by atoms with Gasteiger partial charge < -0.3 is 5.11 Å². The van der Waals surface area contributed by atoms with Crippen molar-refractivity contribution in [1.82, 2.24) is 4.98 Å². The number of fused-ring (bicyclic) bond motifs is 2. The summed E-state index contributed by atoms with van der Waals surface area (Å²) in [6.07, 6.45) is 6.02. The lowest BCUT2D eigenvalue weighted by molar-refractivity contribution is 0.0234. The van der Waals surface area contributed by atoms with Gasteiger partial charge in [-0.15, -0.1) is 0 Å². The van der Waals surface area contributed by atoms with Gasteiger partial charge in [-0.05, 0) is 29.4 Å². The molecule has 1 atom stereocenters. The van der Waals surface area contributed by atoms with Crippen LogP contribution in [-0.2, 0) is 18.4 Å². The minimum atomic E-state index is -0.817. The van der Waals surface area contributed by atoms with E-state index in [0.717, 1.165) is 29.2 Å². The molecule has 3 aromatic rings. The lowest BCUT2D eigenvalue weighted by Gasteiger charge is -2.34. The van der Waals surface area contributed by atoms with Crippen LogP contribution in [0, 0.1) is 0 Å². The van der Waals surface area contributed by atoms with Crippen molar-refractivity contribution in [2.75, 3.05) is 0 Å². The lowest BCUT2D eigenvalue weighted by atomic mass is 9.76. The highest BCUT2D eigenvalue weighted by atomic mass is 16.3. The molecule has 1 heterocycles. The Morgan fingerprint density at radius 2 is 1.67 bits per heavy atom. The maximum absolute atomic E-state index is 11.2. The van der Waals surface area contributed by atoms with E-state index < -0.39 is 5.60 Å². The van der Waals surface area contributed by atoms with Gasteiger partial charge in [0.1, 0.15) is 0 Å². The van der Waals surface area contributed by atoms with Gasteiger partial charge in [0, 0.05) is 29.8 Å². The molecule has 1 N–H and O–H groups in total. The summed E-state index contributed by atoms with van der Waals surface area (Å²) in [4.78, 5) is 4.33. The van der Waals surface area contributed by atoms with Crippen molar-refractivity contribution in [3.63, 3.8) is 0 Å². The van der Waals surface area contributed by atoms with Gasteiger partial charge in [0.25, 0.3) is 0 Å². The summed E-state index contributed by atoms with van der Waals surface area (Å²) in [7, 11) is 0. The number of benzene rings is 2. The molecule has 2 heteroatoms. The highest BCUT2D eigenvalue weighted by molar-refractivity contribution is 5.85. The average molecular weight is 275 g/mol. The molecule has 0 aliphatic heterocycles. The van der Waals surface area contributed by atoms with E-state index in [-0.39, 0.29) is 0 Å². The number of hydrogen-bond acceptors (Lipinski definition) is 2. The molecule has 0 bridgehead atoms. The second-order valence-corrected chi connectivity index (χ2v) is 5.89. The molecule has 0 spiro atoms. The fourth-order valence-corrected chi connectivity index (χ4v) is 3.44. The standard InChI is InChI=1S/C19H17NO/c21-19(10-9-14-5-1-2-6-15(14)11-19)18-13-20-12-16-7-3-4-8-17(16)18/h1-8,12-13,21H,9-11H2. The highest BCUT2D eigenvalue weighted by Gasteiger charge is 2.35. The van der Waals surface area contributed by atoms with Crippen molar-refractivity contribution in [3.05, 3.63) is 77.6 Å². The molecular formula is C19H17NO. The van der Waals surface area contributed by atoms with Crippen molar-refractivity contribution < 1.29 is 5.11 Å². The molecule has 0 radical (unpaired) electrons. The molecule has 0 saturated carbocycles. The number of hydrogen-bond donors (Lipinski definition) is 1. The Balaban J connectivity index is 1.85. The van der Waals surface area contributed by atoms with Gasteiger partial charge in [-0.1, -0.05) is 48.5 Å². The number of aromatic nitrogens is 1. The molecule has 1 aliphatic carbocycles. The minimum Gasteiger partial charge on any atom is -0.385 e. The molecule has 0 fully saturated rings. The molecule has 104 valence electrons. The predicted octanol–water partition coefficient (Wildman–Crippen LogP) is 3.61. The third-order valence-electron chi connectivity index (χ3n) is 4.58. The van der Waals surface area contributed by atoms with Gasteiger partial charge in [0.05, 0.1) is 5.60 Å². The fraction of sp³-hybridized carbons (Fsp3) is 0.211. The van der Waals surface area contributed by atoms with Crippen LogP contribution in [0.4, 0.5) is 0 Å². The SMILES string of the molecule is OC1(c2cncc3ccccc23)CCc2ccccc2C1. The monoisotopic (exact) mass is 275 g/mol. The maximum atomic E-state index is 11.2. The zero-order valence-electron chi connectivity index (χ0n) is 11.8. The number of aliphatic hydroxyl groups is 1. The first-order chi connectivity index (χ1) is 10.3. The van der Waals surface area contributed by atoms with Gasteiger partial charge in [0.15, 0.2) is 0 Å². The second-order valence-electron chi connectivity index (χ2n) is 5.89. The summed E-state index contributed by atoms with van der Waals surface area (Å²) >= 11 is 0. The van der Waals surface area contributed by atoms with Crippen molar-refractivity contribution in [1.29, 1.82) is 0 Å².